The van der Waals surface area contributed by atoms with E-state index in [4.69, 9.17) is 9.84 Å². The summed E-state index contributed by atoms with van der Waals surface area (Å²) in [7, 11) is 0. The average Bonchev–Trinajstić information content (AvgIpc) is 3.06. The molecule has 1 aliphatic heterocycles. The van der Waals surface area contributed by atoms with Crippen LogP contribution in [0.15, 0.2) is 42.9 Å². The SMILES string of the molecule is O=C(O)[C@H]1CCN(C(=O)c2cccc(Oc3cnccn3)c2)C1. The molecule has 118 valence electrons. The summed E-state index contributed by atoms with van der Waals surface area (Å²) in [5.74, 6) is -0.731. The molecular formula is C16H15N3O4. The lowest BCUT2D eigenvalue weighted by atomic mass is 10.1. The minimum Gasteiger partial charge on any atom is -0.481 e. The maximum absolute atomic E-state index is 12.5. The quantitative estimate of drug-likeness (QED) is 0.925. The Hall–Kier alpha value is -2.96. The fourth-order valence-electron chi connectivity index (χ4n) is 2.48. The predicted molar refractivity (Wildman–Crippen MR) is 80.2 cm³/mol. The lowest BCUT2D eigenvalue weighted by Crippen LogP contribution is -2.29. The summed E-state index contributed by atoms with van der Waals surface area (Å²) >= 11 is 0. The Bertz CT molecular complexity index is 720. The normalized spacial score (nSPS) is 17.0. The van der Waals surface area contributed by atoms with Gasteiger partial charge < -0.3 is 14.7 Å². The number of amides is 1. The van der Waals surface area contributed by atoms with Gasteiger partial charge >= 0.3 is 5.97 Å². The predicted octanol–water partition coefficient (Wildman–Crippen LogP) is 1.82. The molecule has 1 fully saturated rings. The van der Waals surface area contributed by atoms with E-state index in [-0.39, 0.29) is 12.5 Å². The molecule has 1 aliphatic rings. The number of hydrogen-bond donors (Lipinski definition) is 1. The zero-order valence-electron chi connectivity index (χ0n) is 12.3. The van der Waals surface area contributed by atoms with Crippen LogP contribution in [0.1, 0.15) is 16.8 Å². The van der Waals surface area contributed by atoms with Crippen LogP contribution in [-0.2, 0) is 4.79 Å². The monoisotopic (exact) mass is 313 g/mol. The van der Waals surface area contributed by atoms with E-state index in [2.05, 4.69) is 9.97 Å². The molecule has 1 aromatic carbocycles. The van der Waals surface area contributed by atoms with Gasteiger partial charge in [-0.15, -0.1) is 0 Å². The van der Waals surface area contributed by atoms with Crippen molar-refractivity contribution in [3.05, 3.63) is 48.4 Å². The van der Waals surface area contributed by atoms with Crippen molar-refractivity contribution >= 4 is 11.9 Å². The molecule has 7 nitrogen and oxygen atoms in total. The second-order valence-corrected chi connectivity index (χ2v) is 5.25. The molecule has 3 rings (SSSR count). The number of rotatable bonds is 4. The third-order valence-corrected chi connectivity index (χ3v) is 3.67. The van der Waals surface area contributed by atoms with Crippen LogP contribution in [0.4, 0.5) is 0 Å². The van der Waals surface area contributed by atoms with Crippen molar-refractivity contribution in [3.63, 3.8) is 0 Å². The van der Waals surface area contributed by atoms with Crippen molar-refractivity contribution in [2.45, 2.75) is 6.42 Å². The van der Waals surface area contributed by atoms with E-state index in [0.717, 1.165) is 0 Å². The molecule has 0 radical (unpaired) electrons. The largest absolute Gasteiger partial charge is 0.481 e. The highest BCUT2D eigenvalue weighted by Crippen LogP contribution is 2.23. The highest BCUT2D eigenvalue weighted by atomic mass is 16.5. The van der Waals surface area contributed by atoms with Crippen molar-refractivity contribution in [2.75, 3.05) is 13.1 Å². The summed E-state index contributed by atoms with van der Waals surface area (Å²) in [6.07, 6.45) is 5.02. The van der Waals surface area contributed by atoms with Crippen molar-refractivity contribution in [1.82, 2.24) is 14.9 Å². The molecule has 1 atom stereocenters. The Balaban J connectivity index is 1.72. The van der Waals surface area contributed by atoms with Gasteiger partial charge in [0.2, 0.25) is 5.88 Å². The molecule has 2 heterocycles. The Morgan fingerprint density at radius 1 is 1.30 bits per heavy atom. The second-order valence-electron chi connectivity index (χ2n) is 5.25. The number of carbonyl (C=O) groups excluding carboxylic acids is 1. The average molecular weight is 313 g/mol. The molecule has 1 aromatic heterocycles. The topological polar surface area (TPSA) is 92.6 Å². The molecule has 1 amide bonds. The van der Waals surface area contributed by atoms with Crippen LogP contribution in [-0.4, -0.2) is 44.9 Å². The summed E-state index contributed by atoms with van der Waals surface area (Å²) in [5.41, 5.74) is 0.456. The van der Waals surface area contributed by atoms with E-state index < -0.39 is 11.9 Å². The van der Waals surface area contributed by atoms with Crippen LogP contribution in [0, 0.1) is 5.92 Å². The van der Waals surface area contributed by atoms with E-state index in [1.807, 2.05) is 0 Å². The standard InChI is InChI=1S/C16H15N3O4/c20-15(19-7-4-12(10-19)16(21)22)11-2-1-3-13(8-11)23-14-9-17-5-6-18-14/h1-3,5-6,8-9,12H,4,7,10H2,(H,21,22)/t12-/m0/s1. The van der Waals surface area contributed by atoms with Crippen molar-refractivity contribution in [3.8, 4) is 11.6 Å². The number of carbonyl (C=O) groups is 2. The number of carboxylic acid groups (broad SMARTS) is 1. The number of likely N-dealkylation sites (tertiary alicyclic amines) is 1. The van der Waals surface area contributed by atoms with Crippen molar-refractivity contribution in [1.29, 1.82) is 0 Å². The fraction of sp³-hybridized carbons (Fsp3) is 0.250. The number of aliphatic carboxylic acids is 1. The third kappa shape index (κ3) is 3.45. The van der Waals surface area contributed by atoms with Crippen LogP contribution in [0.3, 0.4) is 0 Å². The Morgan fingerprint density at radius 2 is 2.17 bits per heavy atom. The van der Waals surface area contributed by atoms with Crippen LogP contribution in [0.25, 0.3) is 0 Å². The molecule has 0 aliphatic carbocycles. The van der Waals surface area contributed by atoms with Gasteiger partial charge in [0, 0.05) is 31.0 Å². The first-order chi connectivity index (χ1) is 11.1. The van der Waals surface area contributed by atoms with Gasteiger partial charge in [-0.1, -0.05) is 6.07 Å². The van der Waals surface area contributed by atoms with E-state index in [0.29, 0.717) is 30.2 Å². The van der Waals surface area contributed by atoms with Crippen LogP contribution in [0.5, 0.6) is 11.6 Å². The van der Waals surface area contributed by atoms with Gasteiger partial charge in [0.15, 0.2) is 0 Å². The Kier molecular flexibility index (Phi) is 4.18. The molecular weight excluding hydrogens is 298 g/mol. The maximum Gasteiger partial charge on any atom is 0.308 e. The zero-order chi connectivity index (χ0) is 16.2. The third-order valence-electron chi connectivity index (χ3n) is 3.67. The Morgan fingerprint density at radius 3 is 2.87 bits per heavy atom. The molecule has 1 N–H and O–H groups in total. The second kappa shape index (κ2) is 6.43. The fourth-order valence-corrected chi connectivity index (χ4v) is 2.48. The van der Waals surface area contributed by atoms with Gasteiger partial charge in [-0.05, 0) is 24.6 Å². The molecule has 0 unspecified atom stereocenters. The molecule has 2 aromatic rings. The minimum atomic E-state index is -0.861. The minimum absolute atomic E-state index is 0.196. The van der Waals surface area contributed by atoms with Gasteiger partial charge in [-0.3, -0.25) is 14.6 Å². The van der Waals surface area contributed by atoms with Gasteiger partial charge in [-0.25, -0.2) is 4.98 Å². The first-order valence-electron chi connectivity index (χ1n) is 7.19. The highest BCUT2D eigenvalue weighted by Gasteiger charge is 2.31. The first kappa shape index (κ1) is 15.0. The summed E-state index contributed by atoms with van der Waals surface area (Å²) in [5, 5.41) is 9.02. The number of carboxylic acids is 1. The van der Waals surface area contributed by atoms with Crippen molar-refractivity contribution < 1.29 is 19.4 Å². The molecule has 0 saturated carbocycles. The lowest BCUT2D eigenvalue weighted by Gasteiger charge is -2.16. The molecule has 23 heavy (non-hydrogen) atoms. The summed E-state index contributed by atoms with van der Waals surface area (Å²) in [4.78, 5) is 32.9. The van der Waals surface area contributed by atoms with Crippen molar-refractivity contribution in [2.24, 2.45) is 5.92 Å². The summed E-state index contributed by atoms with van der Waals surface area (Å²) in [6, 6.07) is 6.73. The van der Waals surface area contributed by atoms with Gasteiger partial charge in [0.05, 0.1) is 12.1 Å². The van der Waals surface area contributed by atoms with Gasteiger partial charge in [0.1, 0.15) is 5.75 Å². The maximum atomic E-state index is 12.5. The number of aromatic nitrogens is 2. The molecule has 7 heteroatoms. The number of hydrogen-bond acceptors (Lipinski definition) is 5. The lowest BCUT2D eigenvalue weighted by molar-refractivity contribution is -0.141. The summed E-state index contributed by atoms with van der Waals surface area (Å²) < 4.78 is 5.55. The number of ether oxygens (including phenoxy) is 1. The molecule has 1 saturated heterocycles. The molecule has 0 spiro atoms. The van der Waals surface area contributed by atoms with E-state index >= 15 is 0 Å². The van der Waals surface area contributed by atoms with E-state index in [1.165, 1.54) is 12.4 Å². The molecule has 0 bridgehead atoms. The van der Waals surface area contributed by atoms with Gasteiger partial charge in [0.25, 0.3) is 5.91 Å². The van der Waals surface area contributed by atoms with E-state index in [9.17, 15) is 9.59 Å². The summed E-state index contributed by atoms with van der Waals surface area (Å²) in [6.45, 7) is 0.689. The number of nitrogens with zero attached hydrogens (tertiary/aromatic N) is 3. The van der Waals surface area contributed by atoms with E-state index in [1.54, 1.807) is 35.4 Å². The van der Waals surface area contributed by atoms with Crippen LogP contribution < -0.4 is 4.74 Å². The zero-order valence-corrected chi connectivity index (χ0v) is 12.3. The van der Waals surface area contributed by atoms with Gasteiger partial charge in [-0.2, -0.15) is 0 Å². The first-order valence-corrected chi connectivity index (χ1v) is 7.19. The smallest absolute Gasteiger partial charge is 0.308 e. The number of benzene rings is 1. The highest BCUT2D eigenvalue weighted by molar-refractivity contribution is 5.95. The van der Waals surface area contributed by atoms with Crippen LogP contribution >= 0.6 is 0 Å². The van der Waals surface area contributed by atoms with Crippen LogP contribution in [0.2, 0.25) is 0 Å². The Labute approximate surface area is 132 Å².